The molecule has 0 radical (unpaired) electrons. The molecule has 0 atom stereocenters. The van der Waals surface area contributed by atoms with Crippen molar-refractivity contribution in [1.82, 2.24) is 14.2 Å². The third-order valence-corrected chi connectivity index (χ3v) is 9.29. The van der Waals surface area contributed by atoms with Crippen molar-refractivity contribution in [2.24, 2.45) is 0 Å². The van der Waals surface area contributed by atoms with Gasteiger partial charge in [0.2, 0.25) is 5.91 Å². The normalized spacial score (nSPS) is 18.6. The number of carbonyl (C=O) groups is 1. The van der Waals surface area contributed by atoms with Crippen LogP contribution in [0.25, 0.3) is 0 Å². The molecule has 2 aromatic rings. The Bertz CT molecular complexity index is 997. The van der Waals surface area contributed by atoms with Crippen molar-refractivity contribution >= 4 is 44.7 Å². The summed E-state index contributed by atoms with van der Waals surface area (Å²) in [5.41, 5.74) is 0. The van der Waals surface area contributed by atoms with Crippen LogP contribution in [0.3, 0.4) is 0 Å². The van der Waals surface area contributed by atoms with Crippen molar-refractivity contribution in [1.29, 1.82) is 0 Å². The standard InChI is InChI=1S/C20H25ClN4O3S2/c21-17-5-4-8-22-20(17)24-13-11-23(12-14-24)18(26)15-16-6-7-19(29-16)30(27,28)25-9-2-1-3-10-25/h4-8H,1-3,9-15H2. The number of thiophene rings is 1. The van der Waals surface area contributed by atoms with E-state index >= 15 is 0 Å². The molecule has 0 spiro atoms. The highest BCUT2D eigenvalue weighted by Gasteiger charge is 2.28. The molecule has 0 aromatic carbocycles. The third-order valence-electron chi connectivity index (χ3n) is 5.54. The van der Waals surface area contributed by atoms with Gasteiger partial charge in [-0.05, 0) is 37.1 Å². The first-order chi connectivity index (χ1) is 14.4. The first-order valence-corrected chi connectivity index (χ1v) is 12.8. The highest BCUT2D eigenvalue weighted by Crippen LogP contribution is 2.28. The topological polar surface area (TPSA) is 73.8 Å². The van der Waals surface area contributed by atoms with Gasteiger partial charge >= 0.3 is 0 Å². The van der Waals surface area contributed by atoms with Gasteiger partial charge in [0.05, 0.1) is 11.4 Å². The minimum absolute atomic E-state index is 0.0190. The van der Waals surface area contributed by atoms with Crippen molar-refractivity contribution in [3.05, 3.63) is 40.4 Å². The van der Waals surface area contributed by atoms with E-state index in [1.54, 1.807) is 28.7 Å². The van der Waals surface area contributed by atoms with E-state index in [1.807, 2.05) is 11.0 Å². The number of hydrogen-bond acceptors (Lipinski definition) is 6. The quantitative estimate of drug-likeness (QED) is 0.674. The Kier molecular flexibility index (Phi) is 6.62. The summed E-state index contributed by atoms with van der Waals surface area (Å²) in [4.78, 5) is 21.8. The molecule has 162 valence electrons. The van der Waals surface area contributed by atoms with Crippen LogP contribution in [0, 0.1) is 0 Å². The molecule has 7 nitrogen and oxygen atoms in total. The van der Waals surface area contributed by atoms with Crippen LogP contribution in [0.5, 0.6) is 0 Å². The Morgan fingerprint density at radius 1 is 1.03 bits per heavy atom. The van der Waals surface area contributed by atoms with Gasteiger partial charge in [0.25, 0.3) is 10.0 Å². The fourth-order valence-electron chi connectivity index (χ4n) is 3.86. The number of halogens is 1. The number of amides is 1. The number of pyridine rings is 1. The number of carbonyl (C=O) groups excluding carboxylic acids is 1. The van der Waals surface area contributed by atoms with Crippen molar-refractivity contribution in [2.75, 3.05) is 44.2 Å². The minimum Gasteiger partial charge on any atom is -0.352 e. The van der Waals surface area contributed by atoms with Crippen LogP contribution < -0.4 is 4.90 Å². The van der Waals surface area contributed by atoms with Crippen molar-refractivity contribution in [3.8, 4) is 0 Å². The highest BCUT2D eigenvalue weighted by molar-refractivity contribution is 7.91. The van der Waals surface area contributed by atoms with Gasteiger partial charge < -0.3 is 9.80 Å². The fraction of sp³-hybridized carbons (Fsp3) is 0.500. The number of anilines is 1. The number of rotatable bonds is 5. The second-order valence-corrected chi connectivity index (χ2v) is 11.3. The van der Waals surface area contributed by atoms with Crippen LogP contribution in [-0.4, -0.2) is 67.8 Å². The van der Waals surface area contributed by atoms with Gasteiger partial charge in [0, 0.05) is 50.3 Å². The summed E-state index contributed by atoms with van der Waals surface area (Å²) in [6.45, 7) is 3.69. The van der Waals surface area contributed by atoms with Crippen LogP contribution in [0.1, 0.15) is 24.1 Å². The number of nitrogens with zero attached hydrogens (tertiary/aromatic N) is 4. The predicted molar refractivity (Wildman–Crippen MR) is 119 cm³/mol. The molecule has 10 heteroatoms. The summed E-state index contributed by atoms with van der Waals surface area (Å²) in [7, 11) is -3.44. The molecule has 0 N–H and O–H groups in total. The van der Waals surface area contributed by atoms with E-state index in [0.29, 0.717) is 48.5 Å². The number of aromatic nitrogens is 1. The summed E-state index contributed by atoms with van der Waals surface area (Å²) < 4.78 is 27.5. The molecule has 30 heavy (non-hydrogen) atoms. The molecule has 4 heterocycles. The van der Waals surface area contributed by atoms with Crippen molar-refractivity contribution < 1.29 is 13.2 Å². The van der Waals surface area contributed by atoms with E-state index in [4.69, 9.17) is 11.6 Å². The maximum atomic E-state index is 12.8. The molecule has 1 amide bonds. The molecule has 2 aliphatic rings. The summed E-state index contributed by atoms with van der Waals surface area (Å²) in [6.07, 6.45) is 4.84. The van der Waals surface area contributed by atoms with Gasteiger partial charge in [-0.15, -0.1) is 11.3 Å². The molecule has 2 aliphatic heterocycles. The lowest BCUT2D eigenvalue weighted by atomic mass is 10.2. The van der Waals surface area contributed by atoms with Gasteiger partial charge in [-0.1, -0.05) is 18.0 Å². The summed E-state index contributed by atoms with van der Waals surface area (Å²) in [5, 5.41) is 0.610. The van der Waals surface area contributed by atoms with E-state index in [-0.39, 0.29) is 12.3 Å². The zero-order chi connectivity index (χ0) is 21.1. The Labute approximate surface area is 186 Å². The number of piperidine rings is 1. The molecular weight excluding hydrogens is 444 g/mol. The Morgan fingerprint density at radius 2 is 1.77 bits per heavy atom. The Morgan fingerprint density at radius 3 is 2.47 bits per heavy atom. The maximum Gasteiger partial charge on any atom is 0.252 e. The average molecular weight is 469 g/mol. The monoisotopic (exact) mass is 468 g/mol. The molecule has 2 saturated heterocycles. The molecule has 2 fully saturated rings. The largest absolute Gasteiger partial charge is 0.352 e. The van der Waals surface area contributed by atoms with E-state index < -0.39 is 10.0 Å². The van der Waals surface area contributed by atoms with Crippen molar-refractivity contribution in [3.63, 3.8) is 0 Å². The van der Waals surface area contributed by atoms with Gasteiger partial charge in [0.15, 0.2) is 0 Å². The fourth-order valence-corrected chi connectivity index (χ4v) is 7.12. The summed E-state index contributed by atoms with van der Waals surface area (Å²) in [6, 6.07) is 7.02. The second-order valence-electron chi connectivity index (χ2n) is 7.54. The van der Waals surface area contributed by atoms with Crippen LogP contribution in [0.4, 0.5) is 5.82 Å². The number of piperazine rings is 1. The Balaban J connectivity index is 1.34. The van der Waals surface area contributed by atoms with Crippen LogP contribution >= 0.6 is 22.9 Å². The van der Waals surface area contributed by atoms with E-state index in [0.717, 1.165) is 30.0 Å². The zero-order valence-corrected chi connectivity index (χ0v) is 19.1. The highest BCUT2D eigenvalue weighted by atomic mass is 35.5. The first-order valence-electron chi connectivity index (χ1n) is 10.2. The van der Waals surface area contributed by atoms with Gasteiger partial charge in [-0.25, -0.2) is 13.4 Å². The average Bonchev–Trinajstić information content (AvgIpc) is 3.24. The molecule has 0 saturated carbocycles. The third kappa shape index (κ3) is 4.64. The lowest BCUT2D eigenvalue weighted by molar-refractivity contribution is -0.130. The SMILES string of the molecule is O=C(Cc1ccc(S(=O)(=O)N2CCCCC2)s1)N1CCN(c2ncccc2Cl)CC1. The minimum atomic E-state index is -3.44. The van der Waals surface area contributed by atoms with E-state index in [2.05, 4.69) is 9.88 Å². The lowest BCUT2D eigenvalue weighted by Crippen LogP contribution is -2.49. The van der Waals surface area contributed by atoms with Gasteiger partial charge in [-0.2, -0.15) is 4.31 Å². The molecule has 0 unspecified atom stereocenters. The predicted octanol–water partition coefficient (Wildman–Crippen LogP) is 2.86. The van der Waals surface area contributed by atoms with E-state index in [1.165, 1.54) is 11.3 Å². The van der Waals surface area contributed by atoms with Crippen LogP contribution in [0.15, 0.2) is 34.7 Å². The lowest BCUT2D eigenvalue weighted by Gasteiger charge is -2.35. The molecule has 0 bridgehead atoms. The van der Waals surface area contributed by atoms with Gasteiger partial charge in [0.1, 0.15) is 10.0 Å². The smallest absolute Gasteiger partial charge is 0.252 e. The Hall–Kier alpha value is -1.68. The van der Waals surface area contributed by atoms with Crippen LogP contribution in [0.2, 0.25) is 5.02 Å². The summed E-state index contributed by atoms with van der Waals surface area (Å²) in [5.74, 6) is 0.766. The first kappa shape index (κ1) is 21.5. The number of hydrogen-bond donors (Lipinski definition) is 0. The second kappa shape index (κ2) is 9.21. The van der Waals surface area contributed by atoms with Crippen LogP contribution in [-0.2, 0) is 21.2 Å². The zero-order valence-electron chi connectivity index (χ0n) is 16.7. The molecule has 4 rings (SSSR count). The van der Waals surface area contributed by atoms with Gasteiger partial charge in [-0.3, -0.25) is 4.79 Å². The van der Waals surface area contributed by atoms with Crippen molar-refractivity contribution in [2.45, 2.75) is 29.9 Å². The van der Waals surface area contributed by atoms with E-state index in [9.17, 15) is 13.2 Å². The number of sulfonamides is 1. The maximum absolute atomic E-state index is 12.8. The molecule has 2 aromatic heterocycles. The molecule has 0 aliphatic carbocycles. The summed E-state index contributed by atoms with van der Waals surface area (Å²) >= 11 is 7.43. The molecular formula is C20H25ClN4O3S2.